The Kier molecular flexibility index (Phi) is 2.11. The fourth-order valence-electron chi connectivity index (χ4n) is 1.39. The van der Waals surface area contributed by atoms with E-state index in [-0.39, 0.29) is 17.3 Å². The number of furan rings is 1. The zero-order valence-electron chi connectivity index (χ0n) is 8.57. The second-order valence-electron chi connectivity index (χ2n) is 3.31. The van der Waals surface area contributed by atoms with Crippen molar-refractivity contribution in [1.29, 1.82) is 0 Å². The SMILES string of the molecule is Oc1cccnc1-c1nc(-c2ccoc2)no1. The number of aromatic hydroxyl groups is 1. The molecule has 0 aromatic carbocycles. The van der Waals surface area contributed by atoms with E-state index in [4.69, 9.17) is 8.94 Å². The Labute approximate surface area is 95.5 Å². The average Bonchev–Trinajstić information content (AvgIpc) is 3.00. The Balaban J connectivity index is 2.04. The molecule has 0 aliphatic heterocycles. The molecule has 6 heteroatoms. The maximum atomic E-state index is 9.59. The average molecular weight is 229 g/mol. The van der Waals surface area contributed by atoms with Crippen molar-refractivity contribution in [1.82, 2.24) is 15.1 Å². The molecule has 0 aliphatic carbocycles. The molecule has 0 spiro atoms. The monoisotopic (exact) mass is 229 g/mol. The largest absolute Gasteiger partial charge is 0.505 e. The molecule has 17 heavy (non-hydrogen) atoms. The molecule has 0 saturated heterocycles. The summed E-state index contributed by atoms with van der Waals surface area (Å²) in [7, 11) is 0. The molecule has 6 nitrogen and oxygen atoms in total. The summed E-state index contributed by atoms with van der Waals surface area (Å²) in [6.45, 7) is 0. The Morgan fingerprint density at radius 2 is 2.18 bits per heavy atom. The molecule has 0 bridgehead atoms. The lowest BCUT2D eigenvalue weighted by Gasteiger charge is -1.95. The normalized spacial score (nSPS) is 10.6. The molecule has 1 N–H and O–H groups in total. The van der Waals surface area contributed by atoms with Crippen LogP contribution in [0.1, 0.15) is 0 Å². The van der Waals surface area contributed by atoms with Crippen molar-refractivity contribution in [3.05, 3.63) is 36.9 Å². The number of hydrogen-bond donors (Lipinski definition) is 1. The molecule has 84 valence electrons. The van der Waals surface area contributed by atoms with Gasteiger partial charge < -0.3 is 14.0 Å². The van der Waals surface area contributed by atoms with Crippen molar-refractivity contribution in [2.45, 2.75) is 0 Å². The summed E-state index contributed by atoms with van der Waals surface area (Å²) >= 11 is 0. The molecule has 3 aromatic rings. The summed E-state index contributed by atoms with van der Waals surface area (Å²) in [5.74, 6) is 0.549. The van der Waals surface area contributed by atoms with Crippen LogP contribution < -0.4 is 0 Å². The van der Waals surface area contributed by atoms with Crippen molar-refractivity contribution in [2.24, 2.45) is 0 Å². The summed E-state index contributed by atoms with van der Waals surface area (Å²) in [6.07, 6.45) is 4.56. The highest BCUT2D eigenvalue weighted by Gasteiger charge is 2.15. The van der Waals surface area contributed by atoms with Gasteiger partial charge in [0.1, 0.15) is 12.0 Å². The molecule has 0 fully saturated rings. The van der Waals surface area contributed by atoms with Gasteiger partial charge in [0, 0.05) is 6.20 Å². The van der Waals surface area contributed by atoms with Crippen LogP contribution in [0.4, 0.5) is 0 Å². The number of nitrogens with zero attached hydrogens (tertiary/aromatic N) is 3. The molecule has 0 atom stereocenters. The van der Waals surface area contributed by atoms with Crippen LogP contribution in [0, 0.1) is 0 Å². The Morgan fingerprint density at radius 3 is 2.94 bits per heavy atom. The van der Waals surface area contributed by atoms with Crippen LogP contribution in [0.5, 0.6) is 5.75 Å². The van der Waals surface area contributed by atoms with E-state index in [0.29, 0.717) is 11.4 Å². The lowest BCUT2D eigenvalue weighted by atomic mass is 10.3. The molecule has 0 unspecified atom stereocenters. The number of pyridine rings is 1. The Morgan fingerprint density at radius 1 is 1.24 bits per heavy atom. The van der Waals surface area contributed by atoms with Gasteiger partial charge in [-0.15, -0.1) is 0 Å². The third kappa shape index (κ3) is 1.65. The first-order chi connectivity index (χ1) is 8.34. The fraction of sp³-hybridized carbons (Fsp3) is 0. The van der Waals surface area contributed by atoms with Gasteiger partial charge in [-0.2, -0.15) is 4.98 Å². The summed E-state index contributed by atoms with van der Waals surface area (Å²) in [4.78, 5) is 8.10. The van der Waals surface area contributed by atoms with Crippen molar-refractivity contribution in [3.63, 3.8) is 0 Å². The molecule has 3 aromatic heterocycles. The minimum absolute atomic E-state index is 0.00473. The summed E-state index contributed by atoms with van der Waals surface area (Å²) < 4.78 is 9.95. The maximum absolute atomic E-state index is 9.59. The van der Waals surface area contributed by atoms with E-state index in [1.54, 1.807) is 12.1 Å². The van der Waals surface area contributed by atoms with Crippen LogP contribution in [0.2, 0.25) is 0 Å². The van der Waals surface area contributed by atoms with Gasteiger partial charge in [0.25, 0.3) is 5.89 Å². The zero-order valence-corrected chi connectivity index (χ0v) is 8.57. The smallest absolute Gasteiger partial charge is 0.280 e. The molecule has 0 radical (unpaired) electrons. The van der Waals surface area contributed by atoms with Crippen LogP contribution in [0.15, 0.2) is 45.9 Å². The second-order valence-corrected chi connectivity index (χ2v) is 3.31. The predicted molar refractivity (Wildman–Crippen MR) is 56.9 cm³/mol. The number of rotatable bonds is 2. The van der Waals surface area contributed by atoms with E-state index in [2.05, 4.69) is 15.1 Å². The standard InChI is InChI=1S/C11H7N3O3/c15-8-2-1-4-12-9(8)11-13-10(14-17-11)7-3-5-16-6-7/h1-6,15H. The topological polar surface area (TPSA) is 85.2 Å². The van der Waals surface area contributed by atoms with E-state index in [0.717, 1.165) is 0 Å². The molecule has 0 amide bonds. The minimum Gasteiger partial charge on any atom is -0.505 e. The first kappa shape index (κ1) is 9.59. The van der Waals surface area contributed by atoms with Crippen molar-refractivity contribution < 1.29 is 14.0 Å². The van der Waals surface area contributed by atoms with E-state index < -0.39 is 0 Å². The van der Waals surface area contributed by atoms with Gasteiger partial charge in [-0.05, 0) is 18.2 Å². The van der Waals surface area contributed by atoms with Crippen molar-refractivity contribution in [3.8, 4) is 28.7 Å². The van der Waals surface area contributed by atoms with Crippen LogP contribution in [-0.4, -0.2) is 20.2 Å². The van der Waals surface area contributed by atoms with Crippen LogP contribution >= 0.6 is 0 Å². The fourth-order valence-corrected chi connectivity index (χ4v) is 1.39. The highest BCUT2D eigenvalue weighted by Crippen LogP contribution is 2.26. The second kappa shape index (κ2) is 3.75. The van der Waals surface area contributed by atoms with E-state index in [1.807, 2.05) is 0 Å². The highest BCUT2D eigenvalue weighted by molar-refractivity contribution is 5.60. The highest BCUT2D eigenvalue weighted by atomic mass is 16.5. The van der Waals surface area contributed by atoms with Gasteiger partial charge in [-0.3, -0.25) is 0 Å². The quantitative estimate of drug-likeness (QED) is 0.724. The number of hydrogen-bond acceptors (Lipinski definition) is 6. The molecule has 3 rings (SSSR count). The van der Waals surface area contributed by atoms with Crippen LogP contribution in [0.25, 0.3) is 23.0 Å². The zero-order chi connectivity index (χ0) is 11.7. The predicted octanol–water partition coefficient (Wildman–Crippen LogP) is 2.10. The van der Waals surface area contributed by atoms with E-state index in [1.165, 1.54) is 24.8 Å². The van der Waals surface area contributed by atoms with E-state index >= 15 is 0 Å². The third-order valence-corrected chi connectivity index (χ3v) is 2.19. The molecule has 3 heterocycles. The lowest BCUT2D eigenvalue weighted by Crippen LogP contribution is -1.83. The molecule has 0 saturated carbocycles. The Hall–Kier alpha value is -2.63. The van der Waals surface area contributed by atoms with Gasteiger partial charge in [0.2, 0.25) is 5.82 Å². The third-order valence-electron chi connectivity index (χ3n) is 2.19. The van der Waals surface area contributed by atoms with Crippen LogP contribution in [0.3, 0.4) is 0 Å². The summed E-state index contributed by atoms with van der Waals surface area (Å²) in [5, 5.41) is 13.4. The molecule has 0 aliphatic rings. The Bertz CT molecular complexity index is 631. The maximum Gasteiger partial charge on any atom is 0.280 e. The van der Waals surface area contributed by atoms with Gasteiger partial charge in [0.05, 0.1) is 11.8 Å². The molecular weight excluding hydrogens is 222 g/mol. The minimum atomic E-state index is -0.00473. The first-order valence-corrected chi connectivity index (χ1v) is 4.85. The van der Waals surface area contributed by atoms with Crippen molar-refractivity contribution >= 4 is 0 Å². The van der Waals surface area contributed by atoms with Crippen LogP contribution in [-0.2, 0) is 0 Å². The van der Waals surface area contributed by atoms with Gasteiger partial charge >= 0.3 is 0 Å². The summed E-state index contributed by atoms with van der Waals surface area (Å²) in [6, 6.07) is 4.84. The van der Waals surface area contributed by atoms with E-state index in [9.17, 15) is 5.11 Å². The lowest BCUT2D eigenvalue weighted by molar-refractivity contribution is 0.423. The molecular formula is C11H7N3O3. The summed E-state index contributed by atoms with van der Waals surface area (Å²) in [5.41, 5.74) is 0.963. The van der Waals surface area contributed by atoms with Crippen molar-refractivity contribution in [2.75, 3.05) is 0 Å². The van der Waals surface area contributed by atoms with Gasteiger partial charge in [-0.1, -0.05) is 5.16 Å². The van der Waals surface area contributed by atoms with Gasteiger partial charge in [-0.25, -0.2) is 4.98 Å². The van der Waals surface area contributed by atoms with Gasteiger partial charge in [0.15, 0.2) is 5.69 Å². The first-order valence-electron chi connectivity index (χ1n) is 4.85. The number of aromatic nitrogens is 3.